The minimum Gasteiger partial charge on any atom is -0.350 e. The van der Waals surface area contributed by atoms with Crippen LogP contribution in [0.5, 0.6) is 0 Å². The molecule has 1 saturated heterocycles. The van der Waals surface area contributed by atoms with E-state index >= 15 is 0 Å². The largest absolute Gasteiger partial charge is 0.350 e. The lowest BCUT2D eigenvalue weighted by Gasteiger charge is -2.31. The van der Waals surface area contributed by atoms with E-state index in [4.69, 9.17) is 0 Å². The van der Waals surface area contributed by atoms with E-state index < -0.39 is 10.0 Å². The molecule has 2 amide bonds. The summed E-state index contributed by atoms with van der Waals surface area (Å²) in [6.07, 6.45) is 3.21. The maximum atomic E-state index is 13.0. The third-order valence-corrected chi connectivity index (χ3v) is 7.99. The Kier molecular flexibility index (Phi) is 6.43. The van der Waals surface area contributed by atoms with Crippen LogP contribution in [0, 0.1) is 0 Å². The van der Waals surface area contributed by atoms with Crippen molar-refractivity contribution in [1.82, 2.24) is 14.9 Å². The molecule has 0 spiro atoms. The van der Waals surface area contributed by atoms with Crippen molar-refractivity contribution in [2.75, 3.05) is 13.1 Å². The van der Waals surface area contributed by atoms with E-state index in [-0.39, 0.29) is 28.8 Å². The van der Waals surface area contributed by atoms with Gasteiger partial charge in [0.2, 0.25) is 15.9 Å². The van der Waals surface area contributed by atoms with Crippen LogP contribution in [0.2, 0.25) is 0 Å². The van der Waals surface area contributed by atoms with Crippen LogP contribution in [0.4, 0.5) is 0 Å². The lowest BCUT2D eigenvalue weighted by Crippen LogP contribution is -2.46. The molecular weight excluding hydrogens is 426 g/mol. The quantitative estimate of drug-likeness (QED) is 0.630. The molecule has 2 fully saturated rings. The molecule has 2 aromatic carbocycles. The van der Waals surface area contributed by atoms with Crippen LogP contribution in [0.1, 0.15) is 41.1 Å². The van der Waals surface area contributed by atoms with Crippen molar-refractivity contribution in [3.63, 3.8) is 0 Å². The summed E-state index contributed by atoms with van der Waals surface area (Å²) in [6, 6.07) is 16.2. The Balaban J connectivity index is 1.33. The van der Waals surface area contributed by atoms with Gasteiger partial charge in [0.05, 0.1) is 4.90 Å². The van der Waals surface area contributed by atoms with Gasteiger partial charge in [-0.15, -0.1) is 0 Å². The van der Waals surface area contributed by atoms with E-state index in [9.17, 15) is 18.0 Å². The lowest BCUT2D eigenvalue weighted by atomic mass is 10.1. The maximum Gasteiger partial charge on any atom is 0.251 e. The van der Waals surface area contributed by atoms with Gasteiger partial charge in [-0.2, -0.15) is 4.31 Å². The van der Waals surface area contributed by atoms with Gasteiger partial charge in [0.25, 0.3) is 5.91 Å². The molecule has 8 heteroatoms. The molecule has 4 rings (SSSR count). The Morgan fingerprint density at radius 1 is 0.969 bits per heavy atom. The average molecular weight is 454 g/mol. The molecule has 2 aliphatic rings. The Hall–Kier alpha value is -2.97. The molecule has 1 aliphatic carbocycles. The SMILES string of the molecule is C=CC(=O)NC1CCN(S(=O)(=O)c2ccc(C(=O)N[C@@H]3CC3c3ccccc3)cc2)CC1. The highest BCUT2D eigenvalue weighted by molar-refractivity contribution is 7.89. The number of piperidine rings is 1. The summed E-state index contributed by atoms with van der Waals surface area (Å²) in [4.78, 5) is 24.2. The van der Waals surface area contributed by atoms with Gasteiger partial charge in [-0.05, 0) is 55.2 Å². The van der Waals surface area contributed by atoms with Gasteiger partial charge in [-0.1, -0.05) is 36.9 Å². The summed E-state index contributed by atoms with van der Waals surface area (Å²) >= 11 is 0. The molecule has 1 heterocycles. The van der Waals surface area contributed by atoms with Crippen LogP contribution in [-0.4, -0.2) is 49.7 Å². The second-order valence-corrected chi connectivity index (χ2v) is 10.2. The van der Waals surface area contributed by atoms with Crippen LogP contribution in [0.3, 0.4) is 0 Å². The predicted molar refractivity (Wildman–Crippen MR) is 122 cm³/mol. The molecular formula is C24H27N3O4S. The molecule has 1 unspecified atom stereocenters. The monoisotopic (exact) mass is 453 g/mol. The Labute approximate surface area is 188 Å². The zero-order valence-corrected chi connectivity index (χ0v) is 18.6. The molecule has 0 aromatic heterocycles. The van der Waals surface area contributed by atoms with Crippen molar-refractivity contribution < 1.29 is 18.0 Å². The minimum atomic E-state index is -3.65. The first kappa shape index (κ1) is 22.2. The number of hydrogen-bond donors (Lipinski definition) is 2. The molecule has 168 valence electrons. The number of nitrogens with zero attached hydrogens (tertiary/aromatic N) is 1. The van der Waals surface area contributed by atoms with Gasteiger partial charge in [-0.3, -0.25) is 9.59 Å². The van der Waals surface area contributed by atoms with Crippen molar-refractivity contribution in [3.8, 4) is 0 Å². The molecule has 1 aliphatic heterocycles. The molecule has 2 N–H and O–H groups in total. The van der Waals surface area contributed by atoms with E-state index in [0.29, 0.717) is 37.4 Å². The van der Waals surface area contributed by atoms with Crippen molar-refractivity contribution >= 4 is 21.8 Å². The summed E-state index contributed by atoms with van der Waals surface area (Å²) in [5, 5.41) is 5.84. The number of amides is 2. The third-order valence-electron chi connectivity index (χ3n) is 6.07. The predicted octanol–water partition coefficient (Wildman–Crippen LogP) is 2.43. The molecule has 1 saturated carbocycles. The number of carbonyl (C=O) groups is 2. The van der Waals surface area contributed by atoms with E-state index in [2.05, 4.69) is 29.3 Å². The summed E-state index contributed by atoms with van der Waals surface area (Å²) in [7, 11) is -3.65. The fraction of sp³-hybridized carbons (Fsp3) is 0.333. The minimum absolute atomic E-state index is 0.0554. The smallest absolute Gasteiger partial charge is 0.251 e. The molecule has 7 nitrogen and oxygen atoms in total. The van der Waals surface area contributed by atoms with Gasteiger partial charge >= 0.3 is 0 Å². The summed E-state index contributed by atoms with van der Waals surface area (Å²) in [6.45, 7) is 4.09. The number of carbonyl (C=O) groups excluding carboxylic acids is 2. The number of nitrogens with one attached hydrogen (secondary N) is 2. The second kappa shape index (κ2) is 9.26. The van der Waals surface area contributed by atoms with E-state index in [0.717, 1.165) is 6.42 Å². The highest BCUT2D eigenvalue weighted by Gasteiger charge is 2.39. The van der Waals surface area contributed by atoms with E-state index in [1.165, 1.54) is 28.1 Å². The summed E-state index contributed by atoms with van der Waals surface area (Å²) in [5.41, 5.74) is 1.65. The van der Waals surface area contributed by atoms with Crippen molar-refractivity contribution in [2.45, 2.75) is 42.2 Å². The second-order valence-electron chi connectivity index (χ2n) is 8.25. The topological polar surface area (TPSA) is 95.6 Å². The fourth-order valence-electron chi connectivity index (χ4n) is 4.10. The van der Waals surface area contributed by atoms with Gasteiger partial charge in [0, 0.05) is 36.7 Å². The lowest BCUT2D eigenvalue weighted by molar-refractivity contribution is -0.117. The normalized spacial score (nSPS) is 21.5. The van der Waals surface area contributed by atoms with Gasteiger partial charge < -0.3 is 10.6 Å². The first-order valence-corrected chi connectivity index (χ1v) is 12.2. The fourth-order valence-corrected chi connectivity index (χ4v) is 5.57. The van der Waals surface area contributed by atoms with Crippen LogP contribution < -0.4 is 10.6 Å². The van der Waals surface area contributed by atoms with Crippen LogP contribution in [0.15, 0.2) is 72.1 Å². The molecule has 32 heavy (non-hydrogen) atoms. The van der Waals surface area contributed by atoms with Crippen molar-refractivity contribution in [2.24, 2.45) is 0 Å². The van der Waals surface area contributed by atoms with Gasteiger partial charge in [0.15, 0.2) is 0 Å². The highest BCUT2D eigenvalue weighted by Crippen LogP contribution is 2.40. The van der Waals surface area contributed by atoms with Gasteiger partial charge in [-0.25, -0.2) is 8.42 Å². The van der Waals surface area contributed by atoms with Crippen LogP contribution in [0.25, 0.3) is 0 Å². The highest BCUT2D eigenvalue weighted by atomic mass is 32.2. The standard InChI is InChI=1S/C24H27N3O4S/c1-2-23(28)25-19-12-14-27(15-13-19)32(30,31)20-10-8-18(9-11-20)24(29)26-22-16-21(22)17-6-4-3-5-7-17/h2-11,19,21-22H,1,12-16H2,(H,25,28)(H,26,29)/t21?,22-/m1/s1. The van der Waals surface area contributed by atoms with Crippen molar-refractivity contribution in [3.05, 3.63) is 78.4 Å². The number of hydrogen-bond acceptors (Lipinski definition) is 4. The zero-order chi connectivity index (χ0) is 22.7. The Bertz CT molecular complexity index is 1090. The van der Waals surface area contributed by atoms with E-state index in [1.54, 1.807) is 12.1 Å². The van der Waals surface area contributed by atoms with Crippen LogP contribution >= 0.6 is 0 Å². The summed E-state index contributed by atoms with van der Waals surface area (Å²) < 4.78 is 27.3. The molecule has 2 aromatic rings. The number of sulfonamides is 1. The molecule has 0 radical (unpaired) electrons. The van der Waals surface area contributed by atoms with E-state index in [1.807, 2.05) is 18.2 Å². The molecule has 0 bridgehead atoms. The zero-order valence-electron chi connectivity index (χ0n) is 17.7. The molecule has 2 atom stereocenters. The Morgan fingerprint density at radius 2 is 1.62 bits per heavy atom. The van der Waals surface area contributed by atoms with Crippen LogP contribution in [-0.2, 0) is 14.8 Å². The Morgan fingerprint density at radius 3 is 2.25 bits per heavy atom. The third kappa shape index (κ3) is 4.92. The maximum absolute atomic E-state index is 13.0. The first-order chi connectivity index (χ1) is 15.4. The number of rotatable bonds is 7. The summed E-state index contributed by atoms with van der Waals surface area (Å²) in [5.74, 6) is -0.114. The number of benzene rings is 2. The van der Waals surface area contributed by atoms with Gasteiger partial charge in [0.1, 0.15) is 0 Å². The van der Waals surface area contributed by atoms with Crippen molar-refractivity contribution in [1.29, 1.82) is 0 Å². The average Bonchev–Trinajstić information content (AvgIpc) is 3.59. The first-order valence-electron chi connectivity index (χ1n) is 10.8.